The minimum absolute atomic E-state index is 0. The Kier molecular flexibility index (Phi) is 5.57. The molecule has 1 heterocycles. The number of nitrogens with zero attached hydrogens (tertiary/aromatic N) is 1. The molecule has 8 heavy (non-hydrogen) atoms. The van der Waals surface area contributed by atoms with Crippen LogP contribution in [0.5, 0.6) is 0 Å². The van der Waals surface area contributed by atoms with Crippen LogP contribution in [0, 0.1) is 13.0 Å². The molecule has 1 unspecified atom stereocenters. The van der Waals surface area contributed by atoms with Crippen LogP contribution < -0.4 is 58.2 Å². The maximum Gasteiger partial charge on any atom is 1.00 e. The van der Waals surface area contributed by atoms with Crippen molar-refractivity contribution in [3.63, 3.8) is 0 Å². The van der Waals surface area contributed by atoms with E-state index in [0.717, 1.165) is 5.92 Å². The van der Waals surface area contributed by atoms with Crippen LogP contribution >= 0.6 is 0 Å². The van der Waals surface area contributed by atoms with Crippen LogP contribution in [0.2, 0.25) is 0 Å². The number of hydrogen-bond donors (Lipinski definition) is 0. The van der Waals surface area contributed by atoms with Gasteiger partial charge in [0.2, 0.25) is 0 Å². The maximum atomic E-state index is 3.82. The standard InChI is InChI=1S/C6H12N.Rb/c1-6-3-4-7(2)5-6;/h6H,2-5H2,1H3;/q-1;+1. The smallest absolute Gasteiger partial charge is 0.459 e. The third kappa shape index (κ3) is 3.07. The first-order chi connectivity index (χ1) is 3.29. The fraction of sp³-hybridized carbons (Fsp3) is 0.833. The van der Waals surface area contributed by atoms with Crippen LogP contribution in [0.3, 0.4) is 0 Å². The quantitative estimate of drug-likeness (QED) is 0.398. The molecule has 2 heteroatoms. The van der Waals surface area contributed by atoms with Gasteiger partial charge in [0.05, 0.1) is 0 Å². The van der Waals surface area contributed by atoms with E-state index < -0.39 is 0 Å². The average Bonchev–Trinajstić information content (AvgIpc) is 1.87. The first-order valence-corrected chi connectivity index (χ1v) is 2.84. The third-order valence-corrected chi connectivity index (χ3v) is 1.51. The monoisotopic (exact) mass is 183 g/mol. The van der Waals surface area contributed by atoms with Crippen molar-refractivity contribution in [2.45, 2.75) is 13.3 Å². The molecule has 1 saturated heterocycles. The number of likely N-dealkylation sites (tertiary alicyclic amines) is 1. The largest absolute Gasteiger partial charge is 1.00 e. The van der Waals surface area contributed by atoms with Gasteiger partial charge in [0, 0.05) is 0 Å². The molecule has 0 aromatic rings. The molecular weight excluding hydrogens is 172 g/mol. The topological polar surface area (TPSA) is 3.24 Å². The molecule has 0 aromatic carbocycles. The van der Waals surface area contributed by atoms with Gasteiger partial charge in [-0.25, -0.2) is 0 Å². The van der Waals surface area contributed by atoms with Crippen LogP contribution in [0.4, 0.5) is 0 Å². The normalized spacial score (nSPS) is 30.0. The van der Waals surface area contributed by atoms with E-state index in [1.54, 1.807) is 0 Å². The molecule has 0 radical (unpaired) electrons. The van der Waals surface area contributed by atoms with Crippen molar-refractivity contribution in [2.24, 2.45) is 5.92 Å². The van der Waals surface area contributed by atoms with E-state index >= 15 is 0 Å². The summed E-state index contributed by atoms with van der Waals surface area (Å²) in [5, 5.41) is 0. The zero-order chi connectivity index (χ0) is 5.28. The van der Waals surface area contributed by atoms with Gasteiger partial charge in [-0.3, -0.25) is 7.05 Å². The molecule has 1 aliphatic rings. The van der Waals surface area contributed by atoms with Crippen LogP contribution in [0.25, 0.3) is 0 Å². The molecular formula is C6H12NRb. The van der Waals surface area contributed by atoms with Crippen molar-refractivity contribution >= 4 is 0 Å². The Hall–Kier alpha value is 1.77. The molecule has 0 spiro atoms. The molecule has 0 amide bonds. The molecule has 1 rings (SSSR count). The summed E-state index contributed by atoms with van der Waals surface area (Å²) < 4.78 is 0. The number of hydrogen-bond acceptors (Lipinski definition) is 1. The average molecular weight is 184 g/mol. The van der Waals surface area contributed by atoms with Crippen LogP contribution in [-0.2, 0) is 0 Å². The van der Waals surface area contributed by atoms with E-state index in [1.807, 2.05) is 0 Å². The first-order valence-electron chi connectivity index (χ1n) is 2.84. The zero-order valence-electron chi connectivity index (χ0n) is 5.85. The van der Waals surface area contributed by atoms with E-state index in [0.29, 0.717) is 0 Å². The van der Waals surface area contributed by atoms with Crippen molar-refractivity contribution in [1.29, 1.82) is 0 Å². The number of rotatable bonds is 0. The summed E-state index contributed by atoms with van der Waals surface area (Å²) in [5.41, 5.74) is 0. The SMILES string of the molecule is [CH2-]N1CCC(C)C1.[Rb+]. The molecule has 1 atom stereocenters. The summed E-state index contributed by atoms with van der Waals surface area (Å²) in [4.78, 5) is 2.13. The first kappa shape index (κ1) is 9.77. The second-order valence-electron chi connectivity index (χ2n) is 2.47. The van der Waals surface area contributed by atoms with Gasteiger partial charge in [0.15, 0.2) is 0 Å². The van der Waals surface area contributed by atoms with Gasteiger partial charge in [-0.05, 0) is 25.4 Å². The van der Waals surface area contributed by atoms with Crippen molar-refractivity contribution in [3.05, 3.63) is 7.05 Å². The van der Waals surface area contributed by atoms with E-state index in [4.69, 9.17) is 0 Å². The van der Waals surface area contributed by atoms with Gasteiger partial charge in [-0.15, -0.1) is 0 Å². The van der Waals surface area contributed by atoms with Crippen LogP contribution in [0.15, 0.2) is 0 Å². The Morgan fingerprint density at radius 3 is 2.38 bits per heavy atom. The maximum absolute atomic E-state index is 3.82. The summed E-state index contributed by atoms with van der Waals surface area (Å²) in [5.74, 6) is 0.887. The van der Waals surface area contributed by atoms with Crippen molar-refractivity contribution in [1.82, 2.24) is 4.90 Å². The molecule has 0 aromatic heterocycles. The summed E-state index contributed by atoms with van der Waals surface area (Å²) >= 11 is 0. The molecule has 0 bridgehead atoms. The fourth-order valence-electron chi connectivity index (χ4n) is 1.03. The molecule has 1 aliphatic heterocycles. The fourth-order valence-corrected chi connectivity index (χ4v) is 1.03. The molecule has 0 saturated carbocycles. The van der Waals surface area contributed by atoms with Crippen molar-refractivity contribution in [3.8, 4) is 0 Å². The van der Waals surface area contributed by atoms with Crippen molar-refractivity contribution < 1.29 is 58.2 Å². The Morgan fingerprint density at radius 1 is 1.62 bits per heavy atom. The minimum atomic E-state index is 0. The van der Waals surface area contributed by atoms with E-state index in [2.05, 4.69) is 18.9 Å². The van der Waals surface area contributed by atoms with Gasteiger partial charge < -0.3 is 4.90 Å². The Bertz CT molecular complexity index is 57.5. The van der Waals surface area contributed by atoms with Gasteiger partial charge in [0.1, 0.15) is 0 Å². The minimum Gasteiger partial charge on any atom is -0.459 e. The molecule has 1 nitrogen and oxygen atoms in total. The summed E-state index contributed by atoms with van der Waals surface area (Å²) in [6.07, 6.45) is 1.34. The Morgan fingerprint density at radius 2 is 2.25 bits per heavy atom. The van der Waals surface area contributed by atoms with E-state index in [1.165, 1.54) is 19.5 Å². The van der Waals surface area contributed by atoms with Crippen LogP contribution in [-0.4, -0.2) is 18.0 Å². The molecule has 42 valence electrons. The Balaban J connectivity index is 0.000000490. The molecule has 0 aliphatic carbocycles. The van der Waals surface area contributed by atoms with Gasteiger partial charge in [0.25, 0.3) is 0 Å². The Labute approximate surface area is 101 Å². The molecule has 0 N–H and O–H groups in total. The summed E-state index contributed by atoms with van der Waals surface area (Å²) in [6.45, 7) is 4.66. The van der Waals surface area contributed by atoms with E-state index in [-0.39, 0.29) is 58.2 Å². The summed E-state index contributed by atoms with van der Waals surface area (Å²) in [7, 11) is 3.82. The predicted molar refractivity (Wildman–Crippen MR) is 30.7 cm³/mol. The third-order valence-electron chi connectivity index (χ3n) is 1.51. The second-order valence-corrected chi connectivity index (χ2v) is 2.47. The predicted octanol–water partition coefficient (Wildman–Crippen LogP) is -1.88. The molecule has 1 fully saturated rings. The zero-order valence-corrected chi connectivity index (χ0v) is 10.8. The second kappa shape index (κ2) is 4.56. The van der Waals surface area contributed by atoms with Gasteiger partial charge in [-0.1, -0.05) is 6.92 Å². The van der Waals surface area contributed by atoms with Gasteiger partial charge >= 0.3 is 58.2 Å². The van der Waals surface area contributed by atoms with Gasteiger partial charge in [-0.2, -0.15) is 0 Å². The van der Waals surface area contributed by atoms with Crippen molar-refractivity contribution in [2.75, 3.05) is 13.1 Å². The van der Waals surface area contributed by atoms with Crippen LogP contribution in [0.1, 0.15) is 13.3 Å². The van der Waals surface area contributed by atoms with E-state index in [9.17, 15) is 0 Å². The summed E-state index contributed by atoms with van der Waals surface area (Å²) in [6, 6.07) is 0.